The maximum atomic E-state index is 14.8. The molecule has 0 saturated heterocycles. The van der Waals surface area contributed by atoms with E-state index in [-0.39, 0.29) is 158 Å². The summed E-state index contributed by atoms with van der Waals surface area (Å²) < 4.78 is 290. The minimum Gasteiger partial charge on any atom is -0.394 e. The van der Waals surface area contributed by atoms with Gasteiger partial charge in [-0.25, -0.2) is 57.1 Å². The van der Waals surface area contributed by atoms with Gasteiger partial charge >= 0.3 is 0 Å². The van der Waals surface area contributed by atoms with Crippen molar-refractivity contribution in [2.24, 2.45) is 0 Å². The molecule has 0 bridgehead atoms. The van der Waals surface area contributed by atoms with E-state index in [4.69, 9.17) is 57.7 Å². The zero-order chi connectivity index (χ0) is 101. The summed E-state index contributed by atoms with van der Waals surface area (Å²) in [4.78, 5) is 26.1. The van der Waals surface area contributed by atoms with Crippen molar-refractivity contribution in [3.63, 3.8) is 0 Å². The smallest absolute Gasteiger partial charge is 0.191 e. The second kappa shape index (κ2) is 35.1. The number of anilines is 3. The molecule has 15 rings (SSSR count). The Kier molecular flexibility index (Phi) is 16.5. The van der Waals surface area contributed by atoms with Crippen molar-refractivity contribution < 1.29 is 112 Å². The quantitative estimate of drug-likeness (QED) is 0.0168. The van der Waals surface area contributed by atoms with Crippen molar-refractivity contribution in [2.75, 3.05) is 72.6 Å². The zero-order valence-corrected chi connectivity index (χ0v) is 60.4. The van der Waals surface area contributed by atoms with Crippen LogP contribution in [0.15, 0.2) is 69.9 Å². The Morgan fingerprint density at radius 1 is 0.509 bits per heavy atom. The van der Waals surface area contributed by atoms with E-state index in [1.165, 1.54) is 37.2 Å². The van der Waals surface area contributed by atoms with E-state index < -0.39 is 243 Å². The van der Waals surface area contributed by atoms with E-state index in [1.54, 1.807) is 0 Å². The molecule has 6 aliphatic carbocycles. The van der Waals surface area contributed by atoms with E-state index in [2.05, 4.69) is 76.8 Å². The average Bonchev–Trinajstić information content (AvgIpc) is 1.52. The van der Waals surface area contributed by atoms with Crippen LogP contribution in [0.2, 0.25) is 0 Å². The molecular weight excluding hydrogens is 1460 g/mol. The third-order valence-corrected chi connectivity index (χ3v) is 20.5. The minimum atomic E-state index is -3.49. The fraction of sp³-hybridized carbons (Fsp3) is 0.583. The van der Waals surface area contributed by atoms with Crippen LogP contribution in [0.1, 0.15) is 186 Å². The van der Waals surface area contributed by atoms with Gasteiger partial charge in [0.25, 0.3) is 0 Å². The molecule has 30 nitrogen and oxygen atoms in total. The lowest BCUT2D eigenvalue weighted by Gasteiger charge is -2.17. The number of nitrogens with one attached hydrogen (secondary N) is 3. The van der Waals surface area contributed by atoms with E-state index in [9.17, 15) is 54.0 Å². The highest BCUT2D eigenvalue weighted by Gasteiger charge is 2.49. The van der Waals surface area contributed by atoms with Gasteiger partial charge < -0.3 is 76.1 Å². The number of fused-ring (bicyclic) bond motifs is 3. The Morgan fingerprint density at radius 2 is 0.898 bits per heavy atom. The SMILES string of the molecule is [2H]c1c([2H])c([C@@H]2C[C@@]2([2H])Nc2nc(SCCC)nc3c2nnn3[C@@H]2C[C@H](OCCO)[C@@H](O)[C@H]2O)c([2H])c(F)c1C.[2H]c1c([2H])c([C@H]2[C@H](Nc3nc(SC([2H])([2H])C([2H])([2H])C)nc4c3nnn4[C@@H]3C[C@H](OC([2H])([2H])C([2H])([2H])O)[C@@H](O)[C@H]3O)C2([2H])[2H])c([2H])c(F)c1C.[2H]c1c([2H])c([C@H]2[C@H](Nc3nc(SC([2H])([2H])C([2H])([2H])C)nc4c3nnn4[C@@H]3C[C@H](OC([2H])([2H])CO)[C@@H](O)[C@H]3O)C2([2H])[2H])c([2H])c(F)c1C. The van der Waals surface area contributed by atoms with Crippen molar-refractivity contribution in [1.82, 2.24) is 74.9 Å². The van der Waals surface area contributed by atoms with Crippen LogP contribution in [0.4, 0.5) is 30.6 Å². The Balaban J connectivity index is 0.000000173. The van der Waals surface area contributed by atoms with Crippen LogP contribution in [0, 0.1) is 38.2 Å². The van der Waals surface area contributed by atoms with Gasteiger partial charge in [-0.05, 0) is 111 Å². The number of rotatable bonds is 30. The van der Waals surface area contributed by atoms with Gasteiger partial charge in [-0.1, -0.05) is 108 Å². The van der Waals surface area contributed by atoms with Crippen molar-refractivity contribution in [1.29, 1.82) is 0 Å². The Labute approximate surface area is 672 Å². The van der Waals surface area contributed by atoms with E-state index in [0.29, 0.717) is 10.9 Å². The summed E-state index contributed by atoms with van der Waals surface area (Å²) in [6.45, 7) is -2.79. The van der Waals surface area contributed by atoms with Crippen LogP contribution in [-0.2, 0) is 14.2 Å². The summed E-state index contributed by atoms with van der Waals surface area (Å²) in [7, 11) is 0. The van der Waals surface area contributed by atoms with Crippen LogP contribution in [-0.4, -0.2) is 251 Å². The number of thioether (sulfide) groups is 3. The highest BCUT2D eigenvalue weighted by Crippen LogP contribution is 2.48. The van der Waals surface area contributed by atoms with Crippen LogP contribution < -0.4 is 16.0 Å². The van der Waals surface area contributed by atoms with E-state index >= 15 is 0 Å². The van der Waals surface area contributed by atoms with E-state index in [1.807, 2.05) is 6.92 Å². The molecule has 108 heavy (non-hydrogen) atoms. The summed E-state index contributed by atoms with van der Waals surface area (Å²) >= 11 is 1.92. The number of benzene rings is 3. The number of aliphatic hydroxyl groups is 9. The predicted molar refractivity (Wildman–Crippen MR) is 398 cm³/mol. The van der Waals surface area contributed by atoms with Crippen molar-refractivity contribution in [3.05, 3.63) is 105 Å². The molecule has 6 saturated carbocycles. The molecule has 0 radical (unpaired) electrons. The van der Waals surface area contributed by atoms with Gasteiger partial charge in [0.15, 0.2) is 66.4 Å². The summed E-state index contributed by atoms with van der Waals surface area (Å²) in [6, 6.07) is -11.8. The number of ether oxygens (including phenoxy) is 3. The highest BCUT2D eigenvalue weighted by molar-refractivity contribution is 7.99. The van der Waals surface area contributed by atoms with Gasteiger partial charge in [0.1, 0.15) is 54.1 Å². The number of aromatic nitrogens is 15. The molecule has 9 aromatic rings. The lowest BCUT2D eigenvalue weighted by atomic mass is 10.1. The number of hydrogen-bond donors (Lipinski definition) is 12. The number of aliphatic hydroxyl groups excluding tert-OH is 8. The molecule has 6 heterocycles. The molecule has 0 unspecified atom stereocenters. The molecule has 3 aromatic carbocycles. The van der Waals surface area contributed by atoms with E-state index in [0.717, 1.165) is 29.6 Å². The van der Waals surface area contributed by atoms with Crippen molar-refractivity contribution in [3.8, 4) is 0 Å². The Hall–Kier alpha value is -7.14. The average molecular weight is 1580 g/mol. The normalized spacial score (nSPS) is 33.9. The second-order valence-electron chi connectivity index (χ2n) is 25.4. The van der Waals surface area contributed by atoms with Gasteiger partial charge in [-0.2, -0.15) is 0 Å². The first-order valence-electron chi connectivity index (χ1n) is 47.8. The van der Waals surface area contributed by atoms with Gasteiger partial charge in [0.05, 0.1) is 97.9 Å². The molecule has 0 amide bonds. The first-order chi connectivity index (χ1) is 62.8. The minimum absolute atomic E-state index is 0.00197. The Morgan fingerprint density at radius 3 is 1.29 bits per heavy atom. The third-order valence-electron chi connectivity index (χ3n) is 18.1. The van der Waals surface area contributed by atoms with Crippen molar-refractivity contribution >= 4 is 86.2 Å². The maximum absolute atomic E-state index is 14.8. The first-order valence-corrected chi connectivity index (χ1v) is 36.4. The fourth-order valence-electron chi connectivity index (χ4n) is 12.3. The monoisotopic (exact) mass is 1580 g/mol. The summed E-state index contributed by atoms with van der Waals surface area (Å²) in [5.74, 6) is -5.98. The second-order valence-corrected chi connectivity index (χ2v) is 28.0. The van der Waals surface area contributed by atoms with Crippen LogP contribution >= 0.6 is 35.3 Å². The first kappa shape index (κ1) is 50.7. The molecule has 18 atom stereocenters. The topological polar surface area (TPSA) is 415 Å². The lowest BCUT2D eigenvalue weighted by Crippen LogP contribution is -2.33. The van der Waals surface area contributed by atoms with Gasteiger partial charge in [0, 0.05) is 88.7 Å². The zero-order valence-electron chi connectivity index (χ0n) is 86.0. The molecule has 6 aromatic heterocycles. The van der Waals surface area contributed by atoms with Gasteiger partial charge in [-0.3, -0.25) is 0 Å². The van der Waals surface area contributed by atoms with Crippen LogP contribution in [0.3, 0.4) is 0 Å². The maximum Gasteiger partial charge on any atom is 0.191 e. The predicted octanol–water partition coefficient (Wildman–Crippen LogP) is 6.55. The van der Waals surface area contributed by atoms with Gasteiger partial charge in [0.2, 0.25) is 0 Å². The summed E-state index contributed by atoms with van der Waals surface area (Å²) in [6.07, 6.45) is -21.6. The number of nitrogens with zero attached hydrogens (tertiary/aromatic N) is 15. The standard InChI is InChI=1S/3C24H31FN6O4S/c3*1-3-8-36-24-27-22(26-16-10-14(16)13-5-4-12(2)15(25)9-13)19-23(28-24)31(30-29-19)17-11-18(35-7-6-32)21(34)20(17)33/h3*4-5,9,14,16-18,20-21,32-34H,3,6-8,10-11H2,1-2H3,(H,26,27,28)/t3*14-,16+,17+,18-,20-,21+/m000/s1/i3D2,4D,5D,6D2,7D2,8D2,9D,10D2;3D2,4D,5D,7D2,8D2,9D,10D2;4D,5D,9D,16D. The van der Waals surface area contributed by atoms with Gasteiger partial charge in [-0.15, -0.1) is 15.3 Å². The summed E-state index contributed by atoms with van der Waals surface area (Å²) in [5.41, 5.74) is -6.77. The molecule has 12 N–H and O–H groups in total. The molecule has 6 aliphatic rings. The van der Waals surface area contributed by atoms with Crippen molar-refractivity contribution in [2.45, 2.75) is 224 Å². The molecular formula is C72H93F3N18O12S3. The third kappa shape index (κ3) is 17.5. The largest absolute Gasteiger partial charge is 0.394 e. The number of hydrogen-bond acceptors (Lipinski definition) is 30. The number of halogens is 3. The molecule has 582 valence electrons. The molecule has 0 aliphatic heterocycles. The molecule has 0 spiro atoms. The summed E-state index contributed by atoms with van der Waals surface area (Å²) in [5, 5.41) is 125. The van der Waals surface area contributed by atoms with Crippen LogP contribution in [0.25, 0.3) is 33.5 Å². The fourth-order valence-corrected chi connectivity index (χ4v) is 13.9. The van der Waals surface area contributed by atoms with Crippen LogP contribution in [0.5, 0.6) is 0 Å². The molecule has 6 fully saturated rings. The Bertz CT molecular complexity index is 5980. The highest BCUT2D eigenvalue weighted by atomic mass is 32.2. The molecule has 36 heteroatoms. The lowest BCUT2D eigenvalue weighted by molar-refractivity contribution is -0.0629.